The van der Waals surface area contributed by atoms with Gasteiger partial charge in [-0.05, 0) is 47.2 Å². The van der Waals surface area contributed by atoms with Gasteiger partial charge in [-0.15, -0.1) is 0 Å². The summed E-state index contributed by atoms with van der Waals surface area (Å²) in [6.07, 6.45) is 0.529. The Kier molecular flexibility index (Phi) is 7.24. The van der Waals surface area contributed by atoms with Gasteiger partial charge in [0.2, 0.25) is 5.91 Å². The molecule has 0 bridgehead atoms. The highest BCUT2D eigenvalue weighted by molar-refractivity contribution is 6.06. The topological polar surface area (TPSA) is 95.9 Å². The zero-order chi connectivity index (χ0) is 27.6. The van der Waals surface area contributed by atoms with Crippen molar-refractivity contribution < 1.29 is 24.2 Å². The first-order chi connectivity index (χ1) is 18.7. The third kappa shape index (κ3) is 5.72. The Bertz CT molecular complexity index is 1430. The van der Waals surface area contributed by atoms with E-state index in [0.717, 1.165) is 16.8 Å². The predicted octanol–water partition coefficient (Wildman–Crippen LogP) is 6.27. The van der Waals surface area contributed by atoms with Gasteiger partial charge in [-0.25, -0.2) is 0 Å². The molecule has 0 saturated heterocycles. The van der Waals surface area contributed by atoms with E-state index in [0.29, 0.717) is 42.1 Å². The molecule has 0 fully saturated rings. The van der Waals surface area contributed by atoms with Crippen LogP contribution in [-0.2, 0) is 21.0 Å². The summed E-state index contributed by atoms with van der Waals surface area (Å²) in [6.45, 7) is 4.55. The first kappa shape index (κ1) is 26.2. The summed E-state index contributed by atoms with van der Waals surface area (Å²) < 4.78 is 5.97. The van der Waals surface area contributed by atoms with E-state index in [1.807, 2.05) is 78.9 Å². The minimum atomic E-state index is -1.04. The molecular formula is C32H32N2O5. The maximum absolute atomic E-state index is 13.7. The van der Waals surface area contributed by atoms with Gasteiger partial charge in [0, 0.05) is 24.1 Å². The molecule has 1 atom stereocenters. The fraction of sp³-hybridized carbons (Fsp3) is 0.281. The van der Waals surface area contributed by atoms with Crippen LogP contribution in [0.2, 0.25) is 0 Å². The molecule has 0 spiro atoms. The van der Waals surface area contributed by atoms with Gasteiger partial charge in [0.1, 0.15) is 12.4 Å². The van der Waals surface area contributed by atoms with Crippen LogP contribution in [0.4, 0.5) is 11.4 Å². The first-order valence-corrected chi connectivity index (χ1v) is 13.1. The van der Waals surface area contributed by atoms with Crippen molar-refractivity contribution in [3.05, 3.63) is 101 Å². The summed E-state index contributed by atoms with van der Waals surface area (Å²) in [4.78, 5) is 40.4. The number of hydrogen-bond donors (Lipinski definition) is 2. The summed E-state index contributed by atoms with van der Waals surface area (Å²) in [7, 11) is 0. The minimum absolute atomic E-state index is 0.0213. The highest BCUT2D eigenvalue weighted by Crippen LogP contribution is 2.48. The molecular weight excluding hydrogens is 492 g/mol. The Hall–Kier alpha value is -4.39. The van der Waals surface area contributed by atoms with Crippen molar-refractivity contribution in [2.45, 2.75) is 52.2 Å². The Labute approximate surface area is 228 Å². The van der Waals surface area contributed by atoms with Gasteiger partial charge in [-0.2, -0.15) is 0 Å². The van der Waals surface area contributed by atoms with Gasteiger partial charge in [0.25, 0.3) is 0 Å². The molecule has 2 aliphatic rings. The molecule has 3 aromatic rings. The number of carbonyl (C=O) groups excluding carboxylic acids is 2. The van der Waals surface area contributed by atoms with E-state index in [1.165, 1.54) is 0 Å². The van der Waals surface area contributed by atoms with Crippen molar-refractivity contribution in [2.75, 3.05) is 10.2 Å². The average Bonchev–Trinajstić information content (AvgIpc) is 3.05. The van der Waals surface area contributed by atoms with Crippen molar-refractivity contribution in [2.24, 2.45) is 5.41 Å². The number of benzene rings is 3. The predicted molar refractivity (Wildman–Crippen MR) is 149 cm³/mol. The number of fused-ring (bicyclic) bond motifs is 1. The number of ketones is 1. The number of aliphatic carboxylic acids is 1. The normalized spacial score (nSPS) is 17.9. The number of amides is 1. The SMILES string of the molecule is CC1(C)CC(=O)C2=C(C1)Nc1ccccc1N(C(=O)CCC(=O)O)[C@@H]2c1ccc(OCc2ccccc2)cc1. The van der Waals surface area contributed by atoms with Gasteiger partial charge in [0.15, 0.2) is 5.78 Å². The van der Waals surface area contributed by atoms with Crippen LogP contribution in [0.15, 0.2) is 90.1 Å². The second-order valence-corrected chi connectivity index (χ2v) is 10.9. The number of nitrogens with zero attached hydrogens (tertiary/aromatic N) is 1. The summed E-state index contributed by atoms with van der Waals surface area (Å²) in [5.41, 5.74) is 4.24. The standard InChI is InChI=1S/C32H32N2O5/c1-32(2)18-25-30(27(35)19-32)31(22-12-14-23(15-13-22)39-20-21-8-4-3-5-9-21)34(28(36)16-17-29(37)38)26-11-7-6-10-24(26)33-25/h3-15,31,33H,16-20H2,1-2H3,(H,37,38)/t31-/m1/s1. The molecule has 1 heterocycles. The van der Waals surface area contributed by atoms with Crippen molar-refractivity contribution >= 4 is 29.0 Å². The summed E-state index contributed by atoms with van der Waals surface area (Å²) in [5.74, 6) is -0.750. The summed E-state index contributed by atoms with van der Waals surface area (Å²) in [5, 5.41) is 12.8. The van der Waals surface area contributed by atoms with Gasteiger partial charge < -0.3 is 15.2 Å². The van der Waals surface area contributed by atoms with Crippen LogP contribution in [0.5, 0.6) is 5.75 Å². The molecule has 5 rings (SSSR count). The zero-order valence-electron chi connectivity index (χ0n) is 22.1. The lowest BCUT2D eigenvalue weighted by Crippen LogP contribution is -2.39. The summed E-state index contributed by atoms with van der Waals surface area (Å²) >= 11 is 0. The highest BCUT2D eigenvalue weighted by atomic mass is 16.5. The first-order valence-electron chi connectivity index (χ1n) is 13.1. The molecule has 1 aliphatic carbocycles. The van der Waals surface area contributed by atoms with Gasteiger partial charge in [-0.1, -0.05) is 68.4 Å². The van der Waals surface area contributed by atoms with E-state index < -0.39 is 12.0 Å². The largest absolute Gasteiger partial charge is 0.489 e. The molecule has 39 heavy (non-hydrogen) atoms. The van der Waals surface area contributed by atoms with E-state index in [-0.39, 0.29) is 29.9 Å². The van der Waals surface area contributed by atoms with Crippen LogP contribution in [-0.4, -0.2) is 22.8 Å². The van der Waals surface area contributed by atoms with Gasteiger partial charge in [0.05, 0.1) is 23.8 Å². The van der Waals surface area contributed by atoms with Crippen LogP contribution in [0.25, 0.3) is 0 Å². The van der Waals surface area contributed by atoms with Gasteiger partial charge in [-0.3, -0.25) is 19.3 Å². The van der Waals surface area contributed by atoms with E-state index >= 15 is 0 Å². The van der Waals surface area contributed by atoms with Crippen molar-refractivity contribution in [3.63, 3.8) is 0 Å². The molecule has 0 saturated carbocycles. The zero-order valence-corrected chi connectivity index (χ0v) is 22.1. The van der Waals surface area contributed by atoms with Crippen LogP contribution in [0, 0.1) is 5.41 Å². The van der Waals surface area contributed by atoms with Crippen molar-refractivity contribution in [1.29, 1.82) is 0 Å². The molecule has 0 unspecified atom stereocenters. The monoisotopic (exact) mass is 524 g/mol. The molecule has 1 amide bonds. The van der Waals surface area contributed by atoms with Crippen molar-refractivity contribution in [3.8, 4) is 5.75 Å². The lowest BCUT2D eigenvalue weighted by Gasteiger charge is -2.37. The number of carboxylic acids is 1. The third-order valence-electron chi connectivity index (χ3n) is 7.17. The second-order valence-electron chi connectivity index (χ2n) is 10.9. The molecule has 2 N–H and O–H groups in total. The fourth-order valence-electron chi connectivity index (χ4n) is 5.40. The van der Waals surface area contributed by atoms with Crippen LogP contribution >= 0.6 is 0 Å². The molecule has 3 aromatic carbocycles. The molecule has 0 radical (unpaired) electrons. The third-order valence-corrected chi connectivity index (χ3v) is 7.17. The number of Topliss-reactive ketones (excluding diaryl/α,β-unsaturated/α-hetero) is 1. The Morgan fingerprint density at radius 3 is 2.36 bits per heavy atom. The number of ether oxygens (including phenoxy) is 1. The smallest absolute Gasteiger partial charge is 0.303 e. The second kappa shape index (κ2) is 10.8. The Balaban J connectivity index is 1.58. The van der Waals surface area contributed by atoms with E-state index in [9.17, 15) is 19.5 Å². The lowest BCUT2D eigenvalue weighted by atomic mass is 9.73. The van der Waals surface area contributed by atoms with Crippen molar-refractivity contribution in [1.82, 2.24) is 0 Å². The lowest BCUT2D eigenvalue weighted by molar-refractivity contribution is -0.138. The average molecular weight is 525 g/mol. The Morgan fingerprint density at radius 2 is 1.64 bits per heavy atom. The summed E-state index contributed by atoms with van der Waals surface area (Å²) in [6, 6.07) is 24.1. The molecule has 1 aliphatic heterocycles. The number of hydrogen-bond acceptors (Lipinski definition) is 5. The van der Waals surface area contributed by atoms with E-state index in [1.54, 1.807) is 4.90 Å². The van der Waals surface area contributed by atoms with E-state index in [2.05, 4.69) is 19.2 Å². The van der Waals surface area contributed by atoms with Crippen LogP contribution in [0.1, 0.15) is 56.7 Å². The number of para-hydroxylation sites is 2. The maximum Gasteiger partial charge on any atom is 0.303 e. The quantitative estimate of drug-likeness (QED) is 0.378. The van der Waals surface area contributed by atoms with Crippen LogP contribution in [0.3, 0.4) is 0 Å². The minimum Gasteiger partial charge on any atom is -0.489 e. The highest BCUT2D eigenvalue weighted by Gasteiger charge is 2.43. The fourth-order valence-corrected chi connectivity index (χ4v) is 5.40. The Morgan fingerprint density at radius 1 is 0.949 bits per heavy atom. The number of rotatable bonds is 7. The van der Waals surface area contributed by atoms with E-state index in [4.69, 9.17) is 4.74 Å². The number of nitrogens with one attached hydrogen (secondary N) is 1. The molecule has 7 nitrogen and oxygen atoms in total. The van der Waals surface area contributed by atoms with Crippen LogP contribution < -0.4 is 15.0 Å². The molecule has 200 valence electrons. The molecule has 0 aromatic heterocycles. The number of anilines is 2. The number of carbonyl (C=O) groups is 3. The maximum atomic E-state index is 13.7. The molecule has 7 heteroatoms. The number of carboxylic acid groups (broad SMARTS) is 1. The number of allylic oxidation sites excluding steroid dienone is 1. The van der Waals surface area contributed by atoms with Gasteiger partial charge >= 0.3 is 5.97 Å².